The summed E-state index contributed by atoms with van der Waals surface area (Å²) in [6, 6.07) is 3.67. The first-order valence-electron chi connectivity index (χ1n) is 7.81. The monoisotopic (exact) mass is 350 g/mol. The van der Waals surface area contributed by atoms with Gasteiger partial charge in [0, 0.05) is 26.4 Å². The third-order valence-corrected chi connectivity index (χ3v) is 5.41. The number of benzene rings is 1. The Balaban J connectivity index is 2.08. The van der Waals surface area contributed by atoms with E-state index < -0.39 is 19.9 Å². The number of carboxylic acid groups (broad SMARTS) is 1. The summed E-state index contributed by atoms with van der Waals surface area (Å²) in [5.41, 5.74) is 1.73. The molecule has 130 valence electrons. The van der Waals surface area contributed by atoms with Gasteiger partial charge in [-0.3, -0.25) is 0 Å². The zero-order valence-corrected chi connectivity index (χ0v) is 15.5. The van der Waals surface area contributed by atoms with Gasteiger partial charge in [0.25, 0.3) is 0 Å². The van der Waals surface area contributed by atoms with E-state index in [1.165, 1.54) is 12.1 Å². The lowest BCUT2D eigenvalue weighted by molar-refractivity contribution is 0.0691. The molecule has 5 nitrogen and oxygen atoms in total. The molecule has 0 bridgehead atoms. The number of hydrogen-bond acceptors (Lipinski definition) is 3. The van der Waals surface area contributed by atoms with Gasteiger partial charge in [-0.1, -0.05) is 19.6 Å². The number of rotatable bonds is 7. The Morgan fingerprint density at radius 2 is 2.08 bits per heavy atom. The van der Waals surface area contributed by atoms with Gasteiger partial charge >= 0.3 is 5.97 Å². The molecule has 0 aliphatic rings. The van der Waals surface area contributed by atoms with Gasteiger partial charge < -0.3 is 9.84 Å². The highest BCUT2D eigenvalue weighted by Gasteiger charge is 2.15. The molecule has 0 atom stereocenters. The Kier molecular flexibility index (Phi) is 5.56. The summed E-state index contributed by atoms with van der Waals surface area (Å²) in [5.74, 6) is -2.02. The molecule has 1 aromatic heterocycles. The molecule has 0 radical (unpaired) electrons. The SMILES string of the molecule is Cc1cc(C(=O)O)c(F)cc1-c1cnn(COCC[Si](C)(C)C)c1. The van der Waals surface area contributed by atoms with Gasteiger partial charge in [0.15, 0.2) is 0 Å². The molecule has 24 heavy (non-hydrogen) atoms. The van der Waals surface area contributed by atoms with E-state index in [0.717, 1.165) is 11.6 Å². The fourth-order valence-corrected chi connectivity index (χ4v) is 3.02. The van der Waals surface area contributed by atoms with Crippen molar-refractivity contribution in [3.8, 4) is 11.1 Å². The molecule has 0 spiro atoms. The Bertz CT molecular complexity index is 738. The zero-order valence-electron chi connectivity index (χ0n) is 14.5. The van der Waals surface area contributed by atoms with Crippen molar-refractivity contribution in [2.75, 3.05) is 6.61 Å². The molecule has 1 heterocycles. The van der Waals surface area contributed by atoms with Crippen LogP contribution in [0.15, 0.2) is 24.5 Å². The molecule has 0 unspecified atom stereocenters. The lowest BCUT2D eigenvalue weighted by Crippen LogP contribution is -2.22. The van der Waals surface area contributed by atoms with Gasteiger partial charge in [-0.05, 0) is 36.2 Å². The van der Waals surface area contributed by atoms with Gasteiger partial charge in [0.05, 0.1) is 11.8 Å². The Morgan fingerprint density at radius 3 is 2.71 bits per heavy atom. The average Bonchev–Trinajstić information content (AvgIpc) is 2.93. The third kappa shape index (κ3) is 4.75. The first kappa shape index (κ1) is 18.3. The molecule has 0 saturated heterocycles. The van der Waals surface area contributed by atoms with Crippen LogP contribution in [0.2, 0.25) is 25.7 Å². The van der Waals surface area contributed by atoms with Crippen LogP contribution in [-0.2, 0) is 11.5 Å². The lowest BCUT2D eigenvalue weighted by atomic mass is 10.0. The van der Waals surface area contributed by atoms with E-state index in [9.17, 15) is 9.18 Å². The minimum Gasteiger partial charge on any atom is -0.478 e. The first-order chi connectivity index (χ1) is 11.2. The van der Waals surface area contributed by atoms with E-state index >= 15 is 0 Å². The first-order valence-corrected chi connectivity index (χ1v) is 11.5. The second-order valence-corrected chi connectivity index (χ2v) is 12.7. The zero-order chi connectivity index (χ0) is 17.9. The van der Waals surface area contributed by atoms with E-state index in [0.29, 0.717) is 24.5 Å². The predicted octanol–water partition coefficient (Wildman–Crippen LogP) is 4.01. The van der Waals surface area contributed by atoms with Crippen LogP contribution in [0, 0.1) is 12.7 Å². The summed E-state index contributed by atoms with van der Waals surface area (Å²) in [7, 11) is -1.12. The van der Waals surface area contributed by atoms with Gasteiger partial charge in [0.2, 0.25) is 0 Å². The van der Waals surface area contributed by atoms with Gasteiger partial charge in [-0.25, -0.2) is 13.9 Å². The van der Waals surface area contributed by atoms with Crippen LogP contribution >= 0.6 is 0 Å². The maximum Gasteiger partial charge on any atom is 0.338 e. The number of hydrogen-bond donors (Lipinski definition) is 1. The van der Waals surface area contributed by atoms with Crippen molar-refractivity contribution in [3.63, 3.8) is 0 Å². The van der Waals surface area contributed by atoms with Crippen molar-refractivity contribution < 1.29 is 19.0 Å². The molecule has 0 saturated carbocycles. The number of aromatic nitrogens is 2. The quantitative estimate of drug-likeness (QED) is 0.605. The summed E-state index contributed by atoms with van der Waals surface area (Å²) in [5, 5.41) is 13.2. The summed E-state index contributed by atoms with van der Waals surface area (Å²) in [6.07, 6.45) is 3.40. The maximum absolute atomic E-state index is 13.9. The number of aromatic carboxylic acids is 1. The van der Waals surface area contributed by atoms with Crippen LogP contribution < -0.4 is 0 Å². The maximum atomic E-state index is 13.9. The van der Waals surface area contributed by atoms with E-state index in [2.05, 4.69) is 24.7 Å². The standard InChI is InChI=1S/C17H23FN2O3Si/c1-12-7-15(17(21)22)16(18)8-14(12)13-9-19-20(10-13)11-23-5-6-24(2,3)4/h7-10H,5-6,11H2,1-4H3,(H,21,22). The summed E-state index contributed by atoms with van der Waals surface area (Å²) in [4.78, 5) is 11.0. The molecule has 2 aromatic rings. The molecule has 0 amide bonds. The molecular weight excluding hydrogens is 327 g/mol. The molecule has 1 aromatic carbocycles. The lowest BCUT2D eigenvalue weighted by Gasteiger charge is -2.15. The highest BCUT2D eigenvalue weighted by molar-refractivity contribution is 6.76. The second-order valence-electron chi connectivity index (χ2n) is 7.07. The van der Waals surface area contributed by atoms with Crippen molar-refractivity contribution in [1.29, 1.82) is 0 Å². The summed E-state index contributed by atoms with van der Waals surface area (Å²) in [6.45, 7) is 9.68. The number of aryl methyl sites for hydroxylation is 1. The van der Waals surface area contributed by atoms with E-state index in [4.69, 9.17) is 9.84 Å². The molecule has 7 heteroatoms. The molecule has 2 rings (SSSR count). The number of carbonyl (C=O) groups is 1. The molecule has 1 N–H and O–H groups in total. The molecule has 0 fully saturated rings. The Labute approximate surface area is 142 Å². The number of halogens is 1. The topological polar surface area (TPSA) is 64.3 Å². The Morgan fingerprint density at radius 1 is 1.38 bits per heavy atom. The van der Waals surface area contributed by atoms with E-state index in [-0.39, 0.29) is 5.56 Å². The fraction of sp³-hybridized carbons (Fsp3) is 0.412. The Hall–Kier alpha value is -1.99. The van der Waals surface area contributed by atoms with Crippen molar-refractivity contribution in [3.05, 3.63) is 41.5 Å². The van der Waals surface area contributed by atoms with Crippen LogP contribution in [-0.4, -0.2) is 35.5 Å². The van der Waals surface area contributed by atoms with Gasteiger partial charge in [-0.15, -0.1) is 0 Å². The van der Waals surface area contributed by atoms with Gasteiger partial charge in [0.1, 0.15) is 12.5 Å². The summed E-state index contributed by atoms with van der Waals surface area (Å²) >= 11 is 0. The van der Waals surface area contributed by atoms with Crippen LogP contribution in [0.25, 0.3) is 11.1 Å². The van der Waals surface area contributed by atoms with Crippen LogP contribution in [0.4, 0.5) is 4.39 Å². The number of ether oxygens (including phenoxy) is 1. The normalized spacial score (nSPS) is 11.7. The average molecular weight is 350 g/mol. The number of nitrogens with zero attached hydrogens (tertiary/aromatic N) is 2. The van der Waals surface area contributed by atoms with Crippen LogP contribution in [0.3, 0.4) is 0 Å². The largest absolute Gasteiger partial charge is 0.478 e. The van der Waals surface area contributed by atoms with Crippen LogP contribution in [0.1, 0.15) is 15.9 Å². The van der Waals surface area contributed by atoms with E-state index in [1.807, 2.05) is 0 Å². The van der Waals surface area contributed by atoms with Crippen molar-refractivity contribution in [2.24, 2.45) is 0 Å². The highest BCUT2D eigenvalue weighted by Crippen LogP contribution is 2.26. The molecule has 0 aliphatic heterocycles. The minimum atomic E-state index is -1.27. The molecule has 0 aliphatic carbocycles. The predicted molar refractivity (Wildman–Crippen MR) is 93.4 cm³/mol. The molecular formula is C17H23FN2O3Si. The van der Waals surface area contributed by atoms with E-state index in [1.54, 1.807) is 24.0 Å². The highest BCUT2D eigenvalue weighted by atomic mass is 28.3. The van der Waals surface area contributed by atoms with Crippen molar-refractivity contribution >= 4 is 14.0 Å². The van der Waals surface area contributed by atoms with Crippen molar-refractivity contribution in [2.45, 2.75) is 39.3 Å². The smallest absolute Gasteiger partial charge is 0.338 e. The van der Waals surface area contributed by atoms with Crippen LogP contribution in [0.5, 0.6) is 0 Å². The minimum absolute atomic E-state index is 0.321. The number of carboxylic acids is 1. The fourth-order valence-electron chi connectivity index (χ4n) is 2.27. The summed E-state index contributed by atoms with van der Waals surface area (Å²) < 4.78 is 21.2. The van der Waals surface area contributed by atoms with Gasteiger partial charge in [-0.2, -0.15) is 5.10 Å². The second kappa shape index (κ2) is 7.27. The van der Waals surface area contributed by atoms with Crippen molar-refractivity contribution in [1.82, 2.24) is 9.78 Å². The third-order valence-electron chi connectivity index (χ3n) is 3.71.